The van der Waals surface area contributed by atoms with E-state index >= 15 is 0 Å². The van der Waals surface area contributed by atoms with Gasteiger partial charge in [-0.25, -0.2) is 0 Å². The Labute approximate surface area is 149 Å². The maximum atomic E-state index is 6.20. The van der Waals surface area contributed by atoms with Crippen LogP contribution in [0.15, 0.2) is 40.9 Å². The maximum Gasteiger partial charge on any atom is 0.183 e. The highest BCUT2D eigenvalue weighted by Crippen LogP contribution is 2.28. The van der Waals surface area contributed by atoms with Crippen molar-refractivity contribution in [2.24, 2.45) is 0 Å². The third-order valence-electron chi connectivity index (χ3n) is 3.01. The van der Waals surface area contributed by atoms with Crippen molar-refractivity contribution in [3.05, 3.63) is 60.3 Å². The summed E-state index contributed by atoms with van der Waals surface area (Å²) in [7, 11) is 0. The van der Waals surface area contributed by atoms with Crippen molar-refractivity contribution >= 4 is 74.5 Å². The van der Waals surface area contributed by atoms with Crippen molar-refractivity contribution in [3.63, 3.8) is 0 Å². The number of H-pyrrole nitrogens is 1. The number of rotatable bonds is 1. The molecule has 2 aromatic carbocycles. The minimum Gasteiger partial charge on any atom is -0.330 e. The third kappa shape index (κ3) is 2.81. The van der Waals surface area contributed by atoms with Gasteiger partial charge in [-0.1, -0.05) is 51.3 Å². The molecule has 0 aliphatic carbocycles. The molecule has 0 bridgehead atoms. The average Bonchev–Trinajstić information content (AvgIpc) is 2.42. The number of hydrogen-bond donors (Lipinski definition) is 1. The van der Waals surface area contributed by atoms with Gasteiger partial charge in [0.05, 0.1) is 10.5 Å². The van der Waals surface area contributed by atoms with E-state index in [1.807, 2.05) is 24.3 Å². The van der Waals surface area contributed by atoms with Gasteiger partial charge < -0.3 is 4.98 Å². The first-order valence-corrected chi connectivity index (χ1v) is 8.24. The first kappa shape index (κ1) is 15.2. The molecule has 3 rings (SSSR count). The number of nitrogens with zero attached hydrogens (tertiary/aromatic N) is 1. The number of benzene rings is 2. The van der Waals surface area contributed by atoms with Crippen LogP contribution in [0.3, 0.4) is 0 Å². The molecule has 0 radical (unpaired) electrons. The van der Waals surface area contributed by atoms with Crippen molar-refractivity contribution in [2.75, 3.05) is 0 Å². The van der Waals surface area contributed by atoms with Crippen LogP contribution in [0.2, 0.25) is 10.0 Å². The zero-order valence-electron chi connectivity index (χ0n) is 10.4. The monoisotopic (exact) mass is 416 g/mol. The van der Waals surface area contributed by atoms with Crippen molar-refractivity contribution in [1.82, 2.24) is 9.55 Å². The molecular formula is C14H7BrCl2N2S2. The van der Waals surface area contributed by atoms with Gasteiger partial charge >= 0.3 is 0 Å². The molecule has 0 atom stereocenters. The number of hydrogen-bond acceptors (Lipinski definition) is 2. The van der Waals surface area contributed by atoms with E-state index in [-0.39, 0.29) is 0 Å². The van der Waals surface area contributed by atoms with E-state index in [2.05, 4.69) is 20.9 Å². The Balaban J connectivity index is 2.42. The van der Waals surface area contributed by atoms with Crippen LogP contribution in [-0.2, 0) is 0 Å². The van der Waals surface area contributed by atoms with Crippen LogP contribution in [0.25, 0.3) is 16.6 Å². The van der Waals surface area contributed by atoms with Gasteiger partial charge in [0.15, 0.2) is 4.77 Å². The number of nitrogens with one attached hydrogen (secondary N) is 1. The normalized spacial score (nSPS) is 11.0. The standard InChI is InChI=1S/C14H7BrCl2N2S2/c15-7-1-3-9(4-2-7)19-13(20)10-5-8(16)6-11(17)12(10)18-14(19)21/h1-6H,(H,18,21). The molecular weight excluding hydrogens is 411 g/mol. The molecule has 1 heterocycles. The second kappa shape index (κ2) is 5.82. The summed E-state index contributed by atoms with van der Waals surface area (Å²) in [5.41, 5.74) is 1.58. The van der Waals surface area contributed by atoms with E-state index < -0.39 is 0 Å². The van der Waals surface area contributed by atoms with E-state index in [9.17, 15) is 0 Å². The molecule has 2 nitrogen and oxygen atoms in total. The van der Waals surface area contributed by atoms with Gasteiger partial charge in [-0.2, -0.15) is 0 Å². The van der Waals surface area contributed by atoms with Gasteiger partial charge in [0, 0.05) is 20.6 Å². The van der Waals surface area contributed by atoms with Crippen molar-refractivity contribution < 1.29 is 0 Å². The third-order valence-corrected chi connectivity index (χ3v) is 4.74. The molecule has 0 aliphatic rings. The average molecular weight is 418 g/mol. The van der Waals surface area contributed by atoms with Gasteiger partial charge in [-0.15, -0.1) is 0 Å². The molecule has 0 saturated carbocycles. The van der Waals surface area contributed by atoms with Crippen LogP contribution in [0.4, 0.5) is 0 Å². The second-order valence-electron chi connectivity index (χ2n) is 4.36. The van der Waals surface area contributed by atoms with Crippen molar-refractivity contribution in [2.45, 2.75) is 0 Å². The summed E-state index contributed by atoms with van der Waals surface area (Å²) < 4.78 is 3.82. The molecule has 106 valence electrons. The number of aromatic nitrogens is 2. The van der Waals surface area contributed by atoms with E-state index in [1.54, 1.807) is 16.7 Å². The summed E-state index contributed by atoms with van der Waals surface area (Å²) in [6.45, 7) is 0. The lowest BCUT2D eigenvalue weighted by Gasteiger charge is -2.11. The lowest BCUT2D eigenvalue weighted by molar-refractivity contribution is 0.966. The molecule has 0 fully saturated rings. The smallest absolute Gasteiger partial charge is 0.183 e. The summed E-state index contributed by atoms with van der Waals surface area (Å²) in [6, 6.07) is 11.2. The van der Waals surface area contributed by atoms with Crippen LogP contribution < -0.4 is 0 Å². The van der Waals surface area contributed by atoms with E-state index in [0.29, 0.717) is 25.0 Å². The lowest BCUT2D eigenvalue weighted by Crippen LogP contribution is -2.02. The largest absolute Gasteiger partial charge is 0.330 e. The number of aromatic amines is 1. The maximum absolute atomic E-state index is 6.20. The first-order valence-electron chi connectivity index (χ1n) is 5.87. The molecule has 21 heavy (non-hydrogen) atoms. The lowest BCUT2D eigenvalue weighted by atomic mass is 10.2. The fraction of sp³-hybridized carbons (Fsp3) is 0. The second-order valence-corrected chi connectivity index (χ2v) is 6.89. The molecule has 7 heteroatoms. The Morgan fingerprint density at radius 1 is 1.05 bits per heavy atom. The zero-order valence-corrected chi connectivity index (χ0v) is 15.1. The van der Waals surface area contributed by atoms with Gasteiger partial charge in [0.2, 0.25) is 0 Å². The highest BCUT2D eigenvalue weighted by atomic mass is 79.9. The summed E-state index contributed by atoms with van der Waals surface area (Å²) in [4.78, 5) is 3.12. The Morgan fingerprint density at radius 3 is 2.38 bits per heavy atom. The zero-order chi connectivity index (χ0) is 15.1. The molecule has 0 unspecified atom stereocenters. The number of fused-ring (bicyclic) bond motifs is 1. The Hall–Kier alpha value is -0.720. The van der Waals surface area contributed by atoms with Gasteiger partial charge in [0.1, 0.15) is 4.64 Å². The van der Waals surface area contributed by atoms with Crippen LogP contribution in [-0.4, -0.2) is 9.55 Å². The van der Waals surface area contributed by atoms with E-state index in [4.69, 9.17) is 47.6 Å². The summed E-state index contributed by atoms with van der Waals surface area (Å²) in [5.74, 6) is 0. The molecule has 3 aromatic rings. The number of halogens is 3. The topological polar surface area (TPSA) is 20.7 Å². The van der Waals surface area contributed by atoms with Crippen LogP contribution in [0.1, 0.15) is 0 Å². The van der Waals surface area contributed by atoms with Crippen LogP contribution in [0, 0.1) is 9.41 Å². The summed E-state index contributed by atoms with van der Waals surface area (Å²) in [6.07, 6.45) is 0. The van der Waals surface area contributed by atoms with Crippen molar-refractivity contribution in [1.29, 1.82) is 0 Å². The molecule has 0 spiro atoms. The predicted octanol–water partition coefficient (Wildman–Crippen LogP) is 6.49. The van der Waals surface area contributed by atoms with Crippen molar-refractivity contribution in [3.8, 4) is 5.69 Å². The molecule has 1 aromatic heterocycles. The quantitative estimate of drug-likeness (QED) is 0.457. The van der Waals surface area contributed by atoms with Crippen LogP contribution in [0.5, 0.6) is 0 Å². The minimum absolute atomic E-state index is 0.485. The predicted molar refractivity (Wildman–Crippen MR) is 97.0 cm³/mol. The fourth-order valence-corrected chi connectivity index (χ4v) is 3.59. The van der Waals surface area contributed by atoms with E-state index in [0.717, 1.165) is 15.5 Å². The summed E-state index contributed by atoms with van der Waals surface area (Å²) in [5, 5.41) is 1.79. The van der Waals surface area contributed by atoms with Crippen LogP contribution >= 0.6 is 63.6 Å². The highest BCUT2D eigenvalue weighted by Gasteiger charge is 2.09. The Bertz CT molecular complexity index is 962. The minimum atomic E-state index is 0.485. The van der Waals surface area contributed by atoms with Gasteiger partial charge in [0.25, 0.3) is 0 Å². The summed E-state index contributed by atoms with van der Waals surface area (Å²) >= 11 is 26.7. The SMILES string of the molecule is S=c1[nH]c2c(Cl)cc(Cl)cc2c(=S)n1-c1ccc(Br)cc1. The Kier molecular flexibility index (Phi) is 4.21. The fourth-order valence-electron chi connectivity index (χ4n) is 2.07. The van der Waals surface area contributed by atoms with Gasteiger partial charge in [-0.3, -0.25) is 4.57 Å². The molecule has 1 N–H and O–H groups in total. The molecule has 0 amide bonds. The highest BCUT2D eigenvalue weighted by molar-refractivity contribution is 9.10. The molecule has 0 saturated heterocycles. The first-order chi connectivity index (χ1) is 9.97. The van der Waals surface area contributed by atoms with Gasteiger partial charge in [-0.05, 0) is 48.6 Å². The molecule has 0 aliphatic heterocycles. The Morgan fingerprint density at radius 2 is 1.71 bits per heavy atom. The van der Waals surface area contributed by atoms with E-state index in [1.165, 1.54) is 0 Å².